The van der Waals surface area contributed by atoms with Crippen LogP contribution in [0.3, 0.4) is 0 Å². The van der Waals surface area contributed by atoms with Crippen molar-refractivity contribution in [1.29, 1.82) is 0 Å². The summed E-state index contributed by atoms with van der Waals surface area (Å²) < 4.78 is 19.6. The van der Waals surface area contributed by atoms with Crippen LogP contribution in [-0.4, -0.2) is 0 Å². The molecule has 18 heavy (non-hydrogen) atoms. The molecule has 2 aromatic rings. The fourth-order valence-corrected chi connectivity index (χ4v) is 1.98. The van der Waals surface area contributed by atoms with E-state index in [1.807, 2.05) is 6.92 Å². The molecule has 0 radical (unpaired) electrons. The molecule has 0 aliphatic carbocycles. The van der Waals surface area contributed by atoms with Crippen molar-refractivity contribution in [2.75, 3.05) is 5.73 Å². The Morgan fingerprint density at radius 1 is 1.28 bits per heavy atom. The molecule has 0 saturated heterocycles. The number of nitrogens with two attached hydrogens (primary N) is 1. The number of ether oxygens (including phenoxy) is 1. The lowest BCUT2D eigenvalue weighted by atomic mass is 10.2. The largest absolute Gasteiger partial charge is 0.456 e. The van der Waals surface area contributed by atoms with Gasteiger partial charge in [-0.3, -0.25) is 0 Å². The lowest BCUT2D eigenvalue weighted by Crippen LogP contribution is -1.93. The number of rotatable bonds is 2. The maximum Gasteiger partial charge on any atom is 0.145 e. The second-order valence-corrected chi connectivity index (χ2v) is 5.08. The van der Waals surface area contributed by atoms with Gasteiger partial charge in [-0.1, -0.05) is 11.6 Å². The van der Waals surface area contributed by atoms with Gasteiger partial charge in [-0.25, -0.2) is 4.39 Å². The normalized spacial score (nSPS) is 10.4. The average molecular weight is 331 g/mol. The zero-order valence-corrected chi connectivity index (χ0v) is 11.8. The summed E-state index contributed by atoms with van der Waals surface area (Å²) in [7, 11) is 0. The van der Waals surface area contributed by atoms with Crippen molar-refractivity contribution in [3.8, 4) is 11.5 Å². The Kier molecular flexibility index (Phi) is 3.78. The molecule has 94 valence electrons. The van der Waals surface area contributed by atoms with Crippen molar-refractivity contribution in [2.24, 2.45) is 0 Å². The third kappa shape index (κ3) is 2.76. The molecule has 2 rings (SSSR count). The van der Waals surface area contributed by atoms with E-state index in [1.54, 1.807) is 18.2 Å². The molecule has 0 spiro atoms. The second-order valence-electron chi connectivity index (χ2n) is 3.82. The molecular weight excluding hydrogens is 321 g/mol. The Bertz CT molecular complexity index is 604. The average Bonchev–Trinajstić information content (AvgIpc) is 2.31. The van der Waals surface area contributed by atoms with Crippen LogP contribution in [0.4, 0.5) is 10.1 Å². The van der Waals surface area contributed by atoms with Gasteiger partial charge in [0, 0.05) is 11.8 Å². The van der Waals surface area contributed by atoms with Gasteiger partial charge >= 0.3 is 0 Å². The van der Waals surface area contributed by atoms with Crippen molar-refractivity contribution < 1.29 is 9.13 Å². The first-order chi connectivity index (χ1) is 8.47. The van der Waals surface area contributed by atoms with E-state index < -0.39 is 5.82 Å². The maximum absolute atomic E-state index is 13.3. The van der Waals surface area contributed by atoms with Crippen LogP contribution >= 0.6 is 27.5 Å². The van der Waals surface area contributed by atoms with Gasteiger partial charge in [0.15, 0.2) is 0 Å². The molecule has 0 atom stereocenters. The molecule has 0 aliphatic heterocycles. The van der Waals surface area contributed by atoms with Crippen LogP contribution in [0.5, 0.6) is 11.5 Å². The second kappa shape index (κ2) is 5.16. The van der Waals surface area contributed by atoms with Gasteiger partial charge in [-0.15, -0.1) is 0 Å². The predicted octanol–water partition coefficient (Wildman–Crippen LogP) is 4.92. The molecule has 0 unspecified atom stereocenters. The minimum Gasteiger partial charge on any atom is -0.456 e. The molecule has 0 fully saturated rings. The zero-order chi connectivity index (χ0) is 13.3. The standard InChI is InChI=1S/C13H10BrClFNO/c1-7-4-13(9(14)6-12(7)17)18-8-2-3-10(15)11(16)5-8/h2-6H,17H2,1H3. The van der Waals surface area contributed by atoms with Crippen LogP contribution in [0.25, 0.3) is 0 Å². The number of benzene rings is 2. The van der Waals surface area contributed by atoms with E-state index >= 15 is 0 Å². The van der Waals surface area contributed by atoms with E-state index in [9.17, 15) is 4.39 Å². The van der Waals surface area contributed by atoms with Gasteiger partial charge in [-0.05, 0) is 52.7 Å². The van der Waals surface area contributed by atoms with Crippen LogP contribution in [0, 0.1) is 12.7 Å². The highest BCUT2D eigenvalue weighted by molar-refractivity contribution is 9.10. The predicted molar refractivity (Wildman–Crippen MR) is 74.8 cm³/mol. The number of hydrogen-bond donors (Lipinski definition) is 1. The van der Waals surface area contributed by atoms with Crippen LogP contribution in [0.15, 0.2) is 34.8 Å². The fraction of sp³-hybridized carbons (Fsp3) is 0.0769. The van der Waals surface area contributed by atoms with Gasteiger partial charge in [0.05, 0.1) is 9.50 Å². The third-order valence-corrected chi connectivity index (χ3v) is 3.37. The summed E-state index contributed by atoms with van der Waals surface area (Å²) in [5.41, 5.74) is 7.32. The van der Waals surface area contributed by atoms with Crippen molar-refractivity contribution in [1.82, 2.24) is 0 Å². The Labute approximate surface area is 118 Å². The Hall–Kier alpha value is -1.26. The summed E-state index contributed by atoms with van der Waals surface area (Å²) in [6.45, 7) is 1.87. The molecule has 0 bridgehead atoms. The van der Waals surface area contributed by atoms with E-state index in [0.717, 1.165) is 5.56 Å². The lowest BCUT2D eigenvalue weighted by molar-refractivity contribution is 0.473. The highest BCUT2D eigenvalue weighted by atomic mass is 79.9. The topological polar surface area (TPSA) is 35.2 Å². The molecule has 0 amide bonds. The van der Waals surface area contributed by atoms with Crippen molar-refractivity contribution in [2.45, 2.75) is 6.92 Å². The van der Waals surface area contributed by atoms with Crippen molar-refractivity contribution in [3.05, 3.63) is 51.2 Å². The Balaban J connectivity index is 2.34. The quantitative estimate of drug-likeness (QED) is 0.793. The summed E-state index contributed by atoms with van der Waals surface area (Å²) in [6.07, 6.45) is 0. The number of halogens is 3. The van der Waals surface area contributed by atoms with Crippen LogP contribution in [0.1, 0.15) is 5.56 Å². The minimum atomic E-state index is -0.516. The summed E-state index contributed by atoms with van der Waals surface area (Å²) in [4.78, 5) is 0. The Morgan fingerprint density at radius 2 is 2.00 bits per heavy atom. The van der Waals surface area contributed by atoms with Gasteiger partial charge in [0.1, 0.15) is 17.3 Å². The number of aryl methyl sites for hydroxylation is 1. The summed E-state index contributed by atoms with van der Waals surface area (Å²) in [5, 5.41) is 0.0647. The van der Waals surface area contributed by atoms with E-state index in [0.29, 0.717) is 21.7 Å². The molecule has 0 heterocycles. The fourth-order valence-electron chi connectivity index (χ4n) is 1.42. The molecule has 0 aliphatic rings. The smallest absolute Gasteiger partial charge is 0.145 e. The number of anilines is 1. The summed E-state index contributed by atoms with van der Waals surface area (Å²) in [5.74, 6) is 0.433. The molecule has 2 N–H and O–H groups in total. The van der Waals surface area contributed by atoms with Gasteiger partial charge in [0.25, 0.3) is 0 Å². The maximum atomic E-state index is 13.3. The summed E-state index contributed by atoms with van der Waals surface area (Å²) in [6, 6.07) is 7.82. The van der Waals surface area contributed by atoms with Crippen LogP contribution in [0.2, 0.25) is 5.02 Å². The van der Waals surface area contributed by atoms with E-state index in [4.69, 9.17) is 22.1 Å². The molecule has 5 heteroatoms. The third-order valence-electron chi connectivity index (χ3n) is 2.44. The first-order valence-electron chi connectivity index (χ1n) is 5.16. The molecule has 0 aromatic heterocycles. The minimum absolute atomic E-state index is 0.0647. The molecule has 2 aromatic carbocycles. The molecule has 0 saturated carbocycles. The summed E-state index contributed by atoms with van der Waals surface area (Å²) >= 11 is 8.95. The van der Waals surface area contributed by atoms with Gasteiger partial charge < -0.3 is 10.5 Å². The number of nitrogen functional groups attached to an aromatic ring is 1. The lowest BCUT2D eigenvalue weighted by Gasteiger charge is -2.10. The SMILES string of the molecule is Cc1cc(Oc2ccc(Cl)c(F)c2)c(Br)cc1N. The first kappa shape index (κ1) is 13.2. The van der Waals surface area contributed by atoms with Crippen molar-refractivity contribution >= 4 is 33.2 Å². The molecule has 2 nitrogen and oxygen atoms in total. The van der Waals surface area contributed by atoms with Crippen LogP contribution < -0.4 is 10.5 Å². The monoisotopic (exact) mass is 329 g/mol. The van der Waals surface area contributed by atoms with E-state index in [2.05, 4.69) is 15.9 Å². The molecular formula is C13H10BrClFNO. The first-order valence-corrected chi connectivity index (χ1v) is 6.33. The van der Waals surface area contributed by atoms with E-state index in [-0.39, 0.29) is 5.02 Å². The van der Waals surface area contributed by atoms with E-state index in [1.165, 1.54) is 12.1 Å². The van der Waals surface area contributed by atoms with Crippen molar-refractivity contribution in [3.63, 3.8) is 0 Å². The van der Waals surface area contributed by atoms with Gasteiger partial charge in [0.2, 0.25) is 0 Å². The number of hydrogen-bond acceptors (Lipinski definition) is 2. The van der Waals surface area contributed by atoms with Gasteiger partial charge in [-0.2, -0.15) is 0 Å². The highest BCUT2D eigenvalue weighted by Gasteiger charge is 2.08. The Morgan fingerprint density at radius 3 is 2.67 bits per heavy atom. The zero-order valence-electron chi connectivity index (χ0n) is 9.51. The highest BCUT2D eigenvalue weighted by Crippen LogP contribution is 2.34. The van der Waals surface area contributed by atoms with Crippen LogP contribution in [-0.2, 0) is 0 Å².